The quantitative estimate of drug-likeness (QED) is 0.562. The smallest absolute Gasteiger partial charge is 0.0975 e. The lowest BCUT2D eigenvalue weighted by molar-refractivity contribution is 0.870. The summed E-state index contributed by atoms with van der Waals surface area (Å²) in [5, 5.41) is 2.81. The van der Waals surface area contributed by atoms with E-state index in [0.29, 0.717) is 6.54 Å². The Bertz CT molecular complexity index is 1010. The maximum atomic E-state index is 5.01. The van der Waals surface area contributed by atoms with Crippen LogP contribution in [-0.2, 0) is 38.1 Å². The molecule has 2 aromatic carbocycles. The standard InChI is InChI=1S/C20H17N3S/c1-2-15-16(9-10-21-24)23-20-14-8-6-12-4-3-11-5-7-13(19(20)22-15)18(14)17(11)12/h5-8H,2-4,9-10H2,1H3. The molecule has 0 aliphatic heterocycles. The van der Waals surface area contributed by atoms with Gasteiger partial charge in [-0.15, -0.1) is 0 Å². The fraction of sp³-hybridized carbons (Fsp3) is 0.300. The summed E-state index contributed by atoms with van der Waals surface area (Å²) >= 11 is 4.75. The molecule has 0 fully saturated rings. The Labute approximate surface area is 146 Å². The van der Waals surface area contributed by atoms with Crippen LogP contribution in [0.4, 0.5) is 0 Å². The molecule has 0 radical (unpaired) electrons. The summed E-state index contributed by atoms with van der Waals surface area (Å²) < 4.78 is 3.83. The van der Waals surface area contributed by atoms with E-state index in [0.717, 1.165) is 48.5 Å². The van der Waals surface area contributed by atoms with E-state index >= 15 is 0 Å². The third-order valence-electron chi connectivity index (χ3n) is 5.33. The minimum atomic E-state index is 0.626. The second kappa shape index (κ2) is 5.15. The van der Waals surface area contributed by atoms with Gasteiger partial charge in [-0.25, -0.2) is 14.3 Å². The van der Waals surface area contributed by atoms with Gasteiger partial charge in [0.2, 0.25) is 0 Å². The summed E-state index contributed by atoms with van der Waals surface area (Å²) in [6, 6.07) is 9.04. The molecule has 118 valence electrons. The highest BCUT2D eigenvalue weighted by Gasteiger charge is 2.29. The van der Waals surface area contributed by atoms with E-state index < -0.39 is 0 Å². The van der Waals surface area contributed by atoms with Gasteiger partial charge in [-0.3, -0.25) is 0 Å². The van der Waals surface area contributed by atoms with Crippen molar-refractivity contribution < 1.29 is 0 Å². The molecule has 1 aromatic heterocycles. The van der Waals surface area contributed by atoms with Crippen LogP contribution in [0.1, 0.15) is 29.4 Å². The Morgan fingerprint density at radius 1 is 0.917 bits per heavy atom. The van der Waals surface area contributed by atoms with Crippen molar-refractivity contribution in [3.63, 3.8) is 0 Å². The average Bonchev–Trinajstić information content (AvgIpc) is 3.17. The molecule has 5 rings (SSSR count). The number of hydrogen-bond donors (Lipinski definition) is 0. The number of benzene rings is 2. The van der Waals surface area contributed by atoms with Crippen molar-refractivity contribution in [2.75, 3.05) is 6.54 Å². The first-order valence-corrected chi connectivity index (χ1v) is 8.95. The van der Waals surface area contributed by atoms with Crippen LogP contribution >= 0.6 is 0 Å². The van der Waals surface area contributed by atoms with E-state index in [1.54, 1.807) is 0 Å². The molecule has 4 heteroatoms. The fourth-order valence-electron chi connectivity index (χ4n) is 4.24. The molecule has 0 bridgehead atoms. The maximum absolute atomic E-state index is 5.01. The molecular weight excluding hydrogens is 314 g/mol. The number of aryl methyl sites for hydroxylation is 3. The van der Waals surface area contributed by atoms with Crippen LogP contribution in [0.25, 0.3) is 33.3 Å². The Balaban J connectivity index is 1.81. The highest BCUT2D eigenvalue weighted by Crippen LogP contribution is 2.49. The Hall–Kier alpha value is -2.20. The summed E-state index contributed by atoms with van der Waals surface area (Å²) in [6.45, 7) is 2.76. The number of aromatic nitrogens is 2. The Morgan fingerprint density at radius 3 is 2.12 bits per heavy atom. The maximum Gasteiger partial charge on any atom is 0.0975 e. The molecule has 3 aromatic rings. The van der Waals surface area contributed by atoms with Crippen molar-refractivity contribution in [1.82, 2.24) is 9.97 Å². The molecule has 0 atom stereocenters. The first kappa shape index (κ1) is 14.2. The van der Waals surface area contributed by atoms with E-state index in [1.807, 2.05) is 0 Å². The number of nitrogens with zero attached hydrogens (tertiary/aromatic N) is 3. The minimum Gasteiger partial charge on any atom is -0.249 e. The zero-order chi connectivity index (χ0) is 16.3. The molecular formula is C20H17N3S. The fourth-order valence-corrected chi connectivity index (χ4v) is 4.33. The zero-order valence-corrected chi connectivity index (χ0v) is 14.4. The zero-order valence-electron chi connectivity index (χ0n) is 13.6. The molecule has 0 unspecified atom stereocenters. The predicted octanol–water partition coefficient (Wildman–Crippen LogP) is 4.21. The number of rotatable bonds is 4. The van der Waals surface area contributed by atoms with Crippen molar-refractivity contribution in [2.45, 2.75) is 32.6 Å². The van der Waals surface area contributed by atoms with Gasteiger partial charge in [0.1, 0.15) is 0 Å². The van der Waals surface area contributed by atoms with Crippen LogP contribution in [-0.4, -0.2) is 16.5 Å². The first-order valence-electron chi connectivity index (χ1n) is 8.59. The van der Waals surface area contributed by atoms with Crippen molar-refractivity contribution in [2.24, 2.45) is 4.36 Å². The van der Waals surface area contributed by atoms with Crippen molar-refractivity contribution in [3.8, 4) is 22.5 Å². The van der Waals surface area contributed by atoms with E-state index in [1.165, 1.54) is 33.0 Å². The summed E-state index contributed by atoms with van der Waals surface area (Å²) in [5.41, 5.74) is 9.66. The molecule has 0 spiro atoms. The van der Waals surface area contributed by atoms with Crippen LogP contribution in [0.15, 0.2) is 28.6 Å². The highest BCUT2D eigenvalue weighted by atomic mass is 32.1. The van der Waals surface area contributed by atoms with Gasteiger partial charge in [0.25, 0.3) is 0 Å². The molecule has 24 heavy (non-hydrogen) atoms. The van der Waals surface area contributed by atoms with Gasteiger partial charge in [-0.05, 0) is 35.8 Å². The normalized spacial score (nSPS) is 13.5. The van der Waals surface area contributed by atoms with Gasteiger partial charge < -0.3 is 0 Å². The molecule has 0 amide bonds. The molecule has 2 aliphatic carbocycles. The van der Waals surface area contributed by atoms with Crippen molar-refractivity contribution >= 4 is 23.2 Å². The SMILES string of the molecule is CCc1nc2c(nc1CCN=S)-c1ccc3c4c(ccc-2c14)CC3. The number of hydrogen-bond acceptors (Lipinski definition) is 4. The predicted molar refractivity (Wildman–Crippen MR) is 99.1 cm³/mol. The van der Waals surface area contributed by atoms with Gasteiger partial charge in [-0.1, -0.05) is 31.2 Å². The van der Waals surface area contributed by atoms with Crippen molar-refractivity contribution in [3.05, 3.63) is 46.8 Å². The third kappa shape index (κ3) is 1.77. The Kier molecular flexibility index (Phi) is 3.04. The monoisotopic (exact) mass is 331 g/mol. The van der Waals surface area contributed by atoms with E-state index in [2.05, 4.69) is 35.6 Å². The average molecular weight is 331 g/mol. The lowest BCUT2D eigenvalue weighted by Gasteiger charge is -2.09. The molecule has 0 saturated carbocycles. The van der Waals surface area contributed by atoms with Crippen LogP contribution in [0, 0.1) is 0 Å². The van der Waals surface area contributed by atoms with Gasteiger partial charge in [-0.2, -0.15) is 0 Å². The molecule has 1 heterocycles. The second-order valence-corrected chi connectivity index (χ2v) is 6.82. The third-order valence-corrected chi connectivity index (χ3v) is 5.52. The van der Waals surface area contributed by atoms with E-state index in [9.17, 15) is 0 Å². The van der Waals surface area contributed by atoms with Crippen LogP contribution in [0.3, 0.4) is 0 Å². The molecule has 0 N–H and O–H groups in total. The van der Waals surface area contributed by atoms with E-state index in [4.69, 9.17) is 22.4 Å². The van der Waals surface area contributed by atoms with Gasteiger partial charge in [0, 0.05) is 35.4 Å². The van der Waals surface area contributed by atoms with Gasteiger partial charge in [0.15, 0.2) is 0 Å². The highest BCUT2D eigenvalue weighted by molar-refractivity contribution is 7.47. The van der Waals surface area contributed by atoms with Gasteiger partial charge in [0.05, 0.1) is 29.3 Å². The second-order valence-electron chi connectivity index (χ2n) is 6.56. The first-order chi connectivity index (χ1) is 11.8. The van der Waals surface area contributed by atoms with Crippen LogP contribution in [0.2, 0.25) is 0 Å². The van der Waals surface area contributed by atoms with E-state index in [-0.39, 0.29) is 0 Å². The number of fused-ring (bicyclic) bond motifs is 3. The summed E-state index contributed by atoms with van der Waals surface area (Å²) in [4.78, 5) is 10.0. The largest absolute Gasteiger partial charge is 0.249 e. The topological polar surface area (TPSA) is 38.1 Å². The van der Waals surface area contributed by atoms with Crippen molar-refractivity contribution in [1.29, 1.82) is 0 Å². The molecule has 3 nitrogen and oxygen atoms in total. The summed E-state index contributed by atoms with van der Waals surface area (Å²) in [6.07, 6.45) is 3.96. The lowest BCUT2D eigenvalue weighted by Crippen LogP contribution is -2.04. The van der Waals surface area contributed by atoms with Gasteiger partial charge >= 0.3 is 0 Å². The minimum absolute atomic E-state index is 0.626. The summed E-state index contributed by atoms with van der Waals surface area (Å²) in [5.74, 6) is 0. The lowest BCUT2D eigenvalue weighted by atomic mass is 9.99. The Morgan fingerprint density at radius 2 is 1.54 bits per heavy atom. The molecule has 2 aliphatic rings. The molecule has 0 saturated heterocycles. The van der Waals surface area contributed by atoms with Crippen LogP contribution < -0.4 is 0 Å². The van der Waals surface area contributed by atoms with Crippen LogP contribution in [0.5, 0.6) is 0 Å². The summed E-state index contributed by atoms with van der Waals surface area (Å²) in [7, 11) is 0.